The third kappa shape index (κ3) is 3.43. The molecule has 1 N–H and O–H groups in total. The lowest BCUT2D eigenvalue weighted by molar-refractivity contribution is -0.132. The van der Waals surface area contributed by atoms with Gasteiger partial charge in [0.15, 0.2) is 4.77 Å². The Hall–Kier alpha value is -1.95. The molecule has 1 aliphatic rings. The molecule has 0 bridgehead atoms. The molecule has 0 saturated carbocycles. The highest BCUT2D eigenvalue weighted by Crippen LogP contribution is 2.21. The van der Waals surface area contributed by atoms with E-state index in [4.69, 9.17) is 12.2 Å². The van der Waals surface area contributed by atoms with Crippen LogP contribution in [0.4, 0.5) is 0 Å². The molecule has 0 radical (unpaired) electrons. The van der Waals surface area contributed by atoms with Crippen LogP contribution < -0.4 is 5.56 Å². The van der Waals surface area contributed by atoms with Gasteiger partial charge in [0, 0.05) is 13.1 Å². The van der Waals surface area contributed by atoms with Crippen LogP contribution in [0, 0.1) is 16.6 Å². The predicted octanol–water partition coefficient (Wildman–Crippen LogP) is 2.95. The maximum absolute atomic E-state index is 12.7. The number of nitrogens with one attached hydrogen (secondary N) is 1. The summed E-state index contributed by atoms with van der Waals surface area (Å²) in [5.41, 5.74) is 0.493. The van der Waals surface area contributed by atoms with E-state index in [1.54, 1.807) is 6.07 Å². The maximum atomic E-state index is 12.7. The van der Waals surface area contributed by atoms with Crippen molar-refractivity contribution in [2.45, 2.75) is 33.2 Å². The minimum Gasteiger partial charge on any atom is -0.341 e. The zero-order valence-electron chi connectivity index (χ0n) is 14.1. The molecule has 6 heteroatoms. The van der Waals surface area contributed by atoms with Gasteiger partial charge in [-0.2, -0.15) is 0 Å². The summed E-state index contributed by atoms with van der Waals surface area (Å²) < 4.78 is 1.67. The highest BCUT2D eigenvalue weighted by Gasteiger charge is 2.23. The molecule has 128 valence electrons. The number of benzene rings is 1. The van der Waals surface area contributed by atoms with Crippen LogP contribution in [0.3, 0.4) is 0 Å². The molecule has 0 aliphatic carbocycles. The second kappa shape index (κ2) is 6.89. The Balaban J connectivity index is 1.88. The first-order chi connectivity index (χ1) is 11.5. The van der Waals surface area contributed by atoms with E-state index >= 15 is 0 Å². The van der Waals surface area contributed by atoms with E-state index in [9.17, 15) is 9.59 Å². The Labute approximate surface area is 146 Å². The van der Waals surface area contributed by atoms with Gasteiger partial charge in [-0.05, 0) is 49.0 Å². The summed E-state index contributed by atoms with van der Waals surface area (Å²) in [4.78, 5) is 30.3. The summed E-state index contributed by atoms with van der Waals surface area (Å²) in [5, 5.41) is 0.553. The number of aromatic nitrogens is 2. The lowest BCUT2D eigenvalue weighted by Crippen LogP contribution is -2.39. The number of carbonyl (C=O) groups excluding carboxylic acids is 1. The Morgan fingerprint density at radius 2 is 2.04 bits per heavy atom. The Morgan fingerprint density at radius 1 is 1.29 bits per heavy atom. The molecular formula is C18H23N3O2S. The van der Waals surface area contributed by atoms with Gasteiger partial charge < -0.3 is 9.88 Å². The van der Waals surface area contributed by atoms with Crippen molar-refractivity contribution in [3.05, 3.63) is 39.4 Å². The number of H-pyrrole nitrogens is 1. The molecule has 1 fully saturated rings. The van der Waals surface area contributed by atoms with Crippen molar-refractivity contribution in [3.63, 3.8) is 0 Å². The molecule has 1 aliphatic heterocycles. The Morgan fingerprint density at radius 3 is 2.83 bits per heavy atom. The molecule has 0 unspecified atom stereocenters. The minimum atomic E-state index is -0.209. The number of nitrogens with zero attached hydrogens (tertiary/aromatic N) is 2. The van der Waals surface area contributed by atoms with E-state index in [2.05, 4.69) is 18.8 Å². The maximum Gasteiger partial charge on any atom is 0.262 e. The highest BCUT2D eigenvalue weighted by molar-refractivity contribution is 7.71. The predicted molar refractivity (Wildman–Crippen MR) is 97.5 cm³/mol. The van der Waals surface area contributed by atoms with E-state index in [1.807, 2.05) is 23.1 Å². The van der Waals surface area contributed by atoms with Crippen molar-refractivity contribution in [2.24, 2.45) is 11.8 Å². The zero-order chi connectivity index (χ0) is 17.3. The summed E-state index contributed by atoms with van der Waals surface area (Å²) in [6.45, 7) is 5.91. The number of fused-ring (bicyclic) bond motifs is 1. The fourth-order valence-electron chi connectivity index (χ4n) is 3.53. The fraction of sp³-hybridized carbons (Fsp3) is 0.500. The van der Waals surface area contributed by atoms with Crippen LogP contribution in [0.1, 0.15) is 26.7 Å². The van der Waals surface area contributed by atoms with E-state index in [0.29, 0.717) is 27.5 Å². The van der Waals surface area contributed by atoms with Crippen molar-refractivity contribution in [1.82, 2.24) is 14.5 Å². The topological polar surface area (TPSA) is 58.1 Å². The first-order valence-corrected chi connectivity index (χ1v) is 8.86. The molecule has 24 heavy (non-hydrogen) atoms. The molecule has 2 heterocycles. The third-order valence-corrected chi connectivity index (χ3v) is 5.09. The van der Waals surface area contributed by atoms with E-state index in [0.717, 1.165) is 25.9 Å². The smallest absolute Gasteiger partial charge is 0.262 e. The fourth-order valence-corrected chi connectivity index (χ4v) is 3.78. The first kappa shape index (κ1) is 16.9. The van der Waals surface area contributed by atoms with Crippen molar-refractivity contribution >= 4 is 29.0 Å². The number of para-hydroxylation sites is 1. The molecule has 3 rings (SSSR count). The van der Waals surface area contributed by atoms with Gasteiger partial charge in [0.1, 0.15) is 6.54 Å². The molecular weight excluding hydrogens is 322 g/mol. The number of amides is 1. The SMILES string of the molecule is C[C@@H]1C[C@@H](C)CCN(C(=O)Cn2c(=S)[nH]c3ccccc3c2=O)C1. The lowest BCUT2D eigenvalue weighted by atomic mass is 9.97. The molecule has 5 nitrogen and oxygen atoms in total. The van der Waals surface area contributed by atoms with Crippen LogP contribution in [0.15, 0.2) is 29.1 Å². The normalized spacial score (nSPS) is 21.7. The second-order valence-corrected chi connectivity index (χ2v) is 7.33. The van der Waals surface area contributed by atoms with E-state index in [-0.39, 0.29) is 18.0 Å². The number of hydrogen-bond donors (Lipinski definition) is 1. The standard InChI is InChI=1S/C18H23N3O2S/c1-12-7-8-20(10-13(2)9-12)16(22)11-21-17(23)14-5-3-4-6-15(14)19-18(21)24/h3-6,12-13H,7-11H2,1-2H3,(H,19,24)/t12-,13+/m0/s1. The van der Waals surface area contributed by atoms with E-state index in [1.165, 1.54) is 4.57 Å². The van der Waals surface area contributed by atoms with Crippen LogP contribution in [0.25, 0.3) is 10.9 Å². The highest BCUT2D eigenvalue weighted by atomic mass is 32.1. The summed E-state index contributed by atoms with van der Waals surface area (Å²) in [6, 6.07) is 7.23. The van der Waals surface area contributed by atoms with Crippen molar-refractivity contribution in [2.75, 3.05) is 13.1 Å². The van der Waals surface area contributed by atoms with Crippen molar-refractivity contribution < 1.29 is 4.79 Å². The molecule has 1 amide bonds. The monoisotopic (exact) mass is 345 g/mol. The summed E-state index contributed by atoms with van der Waals surface area (Å²) >= 11 is 5.29. The number of rotatable bonds is 2. The van der Waals surface area contributed by atoms with Crippen LogP contribution in [0.5, 0.6) is 0 Å². The largest absolute Gasteiger partial charge is 0.341 e. The average molecular weight is 345 g/mol. The summed E-state index contributed by atoms with van der Waals surface area (Å²) in [5.74, 6) is 1.08. The molecule has 1 saturated heterocycles. The quantitative estimate of drug-likeness (QED) is 0.852. The van der Waals surface area contributed by atoms with Gasteiger partial charge in [-0.3, -0.25) is 14.2 Å². The van der Waals surface area contributed by atoms with Crippen LogP contribution >= 0.6 is 12.2 Å². The molecule has 2 atom stereocenters. The number of carbonyl (C=O) groups is 1. The number of likely N-dealkylation sites (tertiary alicyclic amines) is 1. The van der Waals surface area contributed by atoms with Gasteiger partial charge in [0.2, 0.25) is 5.91 Å². The average Bonchev–Trinajstić information content (AvgIpc) is 2.71. The number of aromatic amines is 1. The minimum absolute atomic E-state index is 0.000101. The zero-order valence-corrected chi connectivity index (χ0v) is 14.9. The van der Waals surface area contributed by atoms with Gasteiger partial charge in [-0.1, -0.05) is 26.0 Å². The molecule has 0 spiro atoms. The first-order valence-electron chi connectivity index (χ1n) is 8.45. The summed E-state index contributed by atoms with van der Waals surface area (Å²) in [7, 11) is 0. The van der Waals surface area contributed by atoms with E-state index < -0.39 is 0 Å². The molecule has 1 aromatic heterocycles. The van der Waals surface area contributed by atoms with Crippen LogP contribution in [-0.2, 0) is 11.3 Å². The second-order valence-electron chi connectivity index (χ2n) is 6.94. The molecule has 1 aromatic carbocycles. The Kier molecular flexibility index (Phi) is 4.85. The van der Waals surface area contributed by atoms with Crippen LogP contribution in [0.2, 0.25) is 0 Å². The van der Waals surface area contributed by atoms with Gasteiger partial charge >= 0.3 is 0 Å². The van der Waals surface area contributed by atoms with Crippen LogP contribution in [-0.4, -0.2) is 33.4 Å². The van der Waals surface area contributed by atoms with Crippen molar-refractivity contribution in [3.8, 4) is 0 Å². The van der Waals surface area contributed by atoms with Gasteiger partial charge in [0.05, 0.1) is 10.9 Å². The Bertz CT molecular complexity index is 870. The summed E-state index contributed by atoms with van der Waals surface area (Å²) in [6.07, 6.45) is 2.15. The van der Waals surface area contributed by atoms with Gasteiger partial charge in [0.25, 0.3) is 5.56 Å². The van der Waals surface area contributed by atoms with Crippen molar-refractivity contribution in [1.29, 1.82) is 0 Å². The van der Waals surface area contributed by atoms with Gasteiger partial charge in [-0.25, -0.2) is 0 Å². The third-order valence-electron chi connectivity index (χ3n) is 4.76. The number of hydrogen-bond acceptors (Lipinski definition) is 3. The lowest BCUT2D eigenvalue weighted by Gasteiger charge is -2.23. The molecule has 2 aromatic rings. The van der Waals surface area contributed by atoms with Gasteiger partial charge in [-0.15, -0.1) is 0 Å².